The minimum absolute atomic E-state index is 0.468. The zero-order valence-electron chi connectivity index (χ0n) is 6.06. The fourth-order valence-corrected chi connectivity index (χ4v) is 1.58. The largest absolute Gasteiger partial charge is 0.341 e. The van der Waals surface area contributed by atoms with Gasteiger partial charge in [0, 0.05) is 16.9 Å². The van der Waals surface area contributed by atoms with E-state index in [9.17, 15) is 4.57 Å². The van der Waals surface area contributed by atoms with Gasteiger partial charge in [0.1, 0.15) is 0 Å². The lowest BCUT2D eigenvalue weighted by Gasteiger charge is -2.04. The third kappa shape index (κ3) is 2.37. The summed E-state index contributed by atoms with van der Waals surface area (Å²) < 4.78 is 11.1. The molecule has 1 N–H and O–H groups in total. The SMILES string of the molecule is CP(=O)(O)c1ccc(S)cc1. The predicted molar refractivity (Wildman–Crippen MR) is 49.1 cm³/mol. The van der Waals surface area contributed by atoms with Crippen molar-refractivity contribution in [3.63, 3.8) is 0 Å². The second kappa shape index (κ2) is 3.02. The number of benzene rings is 1. The Bertz CT molecular complexity index is 288. The first-order chi connectivity index (χ1) is 5.00. The lowest BCUT2D eigenvalue weighted by Crippen LogP contribution is -2.01. The van der Waals surface area contributed by atoms with E-state index in [1.54, 1.807) is 24.3 Å². The maximum atomic E-state index is 11.1. The zero-order valence-corrected chi connectivity index (χ0v) is 7.85. The van der Waals surface area contributed by atoms with Crippen molar-refractivity contribution in [3.05, 3.63) is 24.3 Å². The first-order valence-corrected chi connectivity index (χ1v) is 5.65. The third-order valence-corrected chi connectivity index (χ3v) is 2.88. The molecule has 4 heteroatoms. The van der Waals surface area contributed by atoms with Crippen LogP contribution in [0, 0.1) is 0 Å². The lowest BCUT2D eigenvalue weighted by atomic mass is 10.4. The van der Waals surface area contributed by atoms with E-state index in [2.05, 4.69) is 12.6 Å². The first-order valence-electron chi connectivity index (χ1n) is 3.10. The molecule has 0 aliphatic heterocycles. The summed E-state index contributed by atoms with van der Waals surface area (Å²) in [5.41, 5.74) is 0. The molecule has 1 unspecified atom stereocenters. The van der Waals surface area contributed by atoms with E-state index in [0.29, 0.717) is 5.30 Å². The number of hydrogen-bond donors (Lipinski definition) is 2. The van der Waals surface area contributed by atoms with Crippen LogP contribution in [0.4, 0.5) is 0 Å². The van der Waals surface area contributed by atoms with Crippen molar-refractivity contribution in [1.29, 1.82) is 0 Å². The van der Waals surface area contributed by atoms with Gasteiger partial charge in [0.25, 0.3) is 0 Å². The molecule has 0 saturated heterocycles. The Hall–Kier alpha value is -0.240. The van der Waals surface area contributed by atoms with E-state index in [-0.39, 0.29) is 0 Å². The molecule has 0 amide bonds. The summed E-state index contributed by atoms with van der Waals surface area (Å²) in [6.07, 6.45) is 0. The molecule has 1 atom stereocenters. The van der Waals surface area contributed by atoms with Crippen molar-refractivity contribution < 1.29 is 9.46 Å². The second-order valence-electron chi connectivity index (χ2n) is 2.40. The summed E-state index contributed by atoms with van der Waals surface area (Å²) in [6.45, 7) is 1.32. The smallest absolute Gasteiger partial charge is 0.226 e. The molecular formula is C7H9O2PS. The fraction of sp³-hybridized carbons (Fsp3) is 0.143. The molecule has 0 fully saturated rings. The molecule has 0 radical (unpaired) electrons. The Morgan fingerprint density at radius 2 is 1.82 bits per heavy atom. The van der Waals surface area contributed by atoms with Crippen LogP contribution in [0.1, 0.15) is 0 Å². The number of rotatable bonds is 1. The molecular weight excluding hydrogens is 179 g/mol. The van der Waals surface area contributed by atoms with E-state index >= 15 is 0 Å². The Balaban J connectivity index is 3.09. The highest BCUT2D eigenvalue weighted by Crippen LogP contribution is 2.33. The van der Waals surface area contributed by atoms with Crippen LogP contribution in [0.2, 0.25) is 0 Å². The molecule has 0 aliphatic carbocycles. The van der Waals surface area contributed by atoms with E-state index < -0.39 is 7.37 Å². The van der Waals surface area contributed by atoms with Gasteiger partial charge in [-0.1, -0.05) is 0 Å². The van der Waals surface area contributed by atoms with Gasteiger partial charge in [-0.25, -0.2) is 0 Å². The van der Waals surface area contributed by atoms with Crippen molar-refractivity contribution in [3.8, 4) is 0 Å². The van der Waals surface area contributed by atoms with Crippen molar-refractivity contribution >= 4 is 25.3 Å². The highest BCUT2D eigenvalue weighted by atomic mass is 32.1. The lowest BCUT2D eigenvalue weighted by molar-refractivity contribution is 0.496. The van der Waals surface area contributed by atoms with Gasteiger partial charge in [-0.3, -0.25) is 4.57 Å². The topological polar surface area (TPSA) is 37.3 Å². The standard InChI is InChI=1S/C7H9O2PS/c1-10(8,9)6-2-4-7(11)5-3-6/h2-5,11H,1H3,(H,8,9). The quantitative estimate of drug-likeness (QED) is 0.517. The van der Waals surface area contributed by atoms with Gasteiger partial charge in [0.2, 0.25) is 7.37 Å². The maximum Gasteiger partial charge on any atom is 0.226 e. The molecule has 1 rings (SSSR count). The molecule has 0 bridgehead atoms. The Kier molecular flexibility index (Phi) is 2.43. The summed E-state index contributed by atoms with van der Waals surface area (Å²) >= 11 is 4.06. The van der Waals surface area contributed by atoms with Crippen LogP contribution < -0.4 is 5.30 Å². The molecule has 0 spiro atoms. The van der Waals surface area contributed by atoms with E-state index in [0.717, 1.165) is 4.90 Å². The molecule has 11 heavy (non-hydrogen) atoms. The maximum absolute atomic E-state index is 11.1. The summed E-state index contributed by atoms with van der Waals surface area (Å²) in [6, 6.07) is 6.63. The minimum atomic E-state index is -3.07. The molecule has 1 aromatic carbocycles. The Morgan fingerprint density at radius 3 is 2.18 bits per heavy atom. The van der Waals surface area contributed by atoms with Gasteiger partial charge in [-0.15, -0.1) is 12.6 Å². The van der Waals surface area contributed by atoms with Crippen molar-refractivity contribution in [2.24, 2.45) is 0 Å². The molecule has 0 aromatic heterocycles. The molecule has 0 heterocycles. The summed E-state index contributed by atoms with van der Waals surface area (Å²) in [7, 11) is -3.07. The molecule has 0 aliphatic rings. The average molecular weight is 188 g/mol. The van der Waals surface area contributed by atoms with Gasteiger partial charge >= 0.3 is 0 Å². The average Bonchev–Trinajstić information content (AvgIpc) is 1.86. The number of thiol groups is 1. The van der Waals surface area contributed by atoms with Gasteiger partial charge in [0.05, 0.1) is 0 Å². The third-order valence-electron chi connectivity index (χ3n) is 1.33. The second-order valence-corrected chi connectivity index (χ2v) is 5.19. The zero-order chi connectivity index (χ0) is 8.48. The van der Waals surface area contributed by atoms with E-state index in [1.165, 1.54) is 6.66 Å². The highest BCUT2D eigenvalue weighted by Gasteiger charge is 2.11. The van der Waals surface area contributed by atoms with E-state index in [4.69, 9.17) is 4.89 Å². The first kappa shape index (κ1) is 8.85. The van der Waals surface area contributed by atoms with Crippen LogP contribution in [0.25, 0.3) is 0 Å². The van der Waals surface area contributed by atoms with Crippen LogP contribution >= 0.6 is 20.0 Å². The summed E-state index contributed by atoms with van der Waals surface area (Å²) in [5.74, 6) is 0. The predicted octanol–water partition coefficient (Wildman–Crippen LogP) is 1.50. The summed E-state index contributed by atoms with van der Waals surface area (Å²) in [5, 5.41) is 0.468. The van der Waals surface area contributed by atoms with Gasteiger partial charge in [-0.2, -0.15) is 0 Å². The summed E-state index contributed by atoms with van der Waals surface area (Å²) in [4.78, 5) is 9.90. The normalized spacial score (nSPS) is 15.9. The van der Waals surface area contributed by atoms with Crippen LogP contribution in [0.3, 0.4) is 0 Å². The Labute approximate surface area is 71.1 Å². The van der Waals surface area contributed by atoms with Crippen LogP contribution in [-0.4, -0.2) is 11.6 Å². The number of hydrogen-bond acceptors (Lipinski definition) is 2. The monoisotopic (exact) mass is 188 g/mol. The molecule has 2 nitrogen and oxygen atoms in total. The molecule has 0 saturated carbocycles. The Morgan fingerprint density at radius 1 is 1.36 bits per heavy atom. The van der Waals surface area contributed by atoms with Crippen LogP contribution in [0.5, 0.6) is 0 Å². The van der Waals surface area contributed by atoms with Crippen LogP contribution in [0.15, 0.2) is 29.2 Å². The van der Waals surface area contributed by atoms with E-state index in [1.807, 2.05) is 0 Å². The van der Waals surface area contributed by atoms with Gasteiger partial charge < -0.3 is 4.89 Å². The molecule has 1 aromatic rings. The van der Waals surface area contributed by atoms with Crippen LogP contribution in [-0.2, 0) is 4.57 Å². The fourth-order valence-electron chi connectivity index (χ4n) is 0.729. The van der Waals surface area contributed by atoms with Crippen molar-refractivity contribution in [1.82, 2.24) is 0 Å². The highest BCUT2D eigenvalue weighted by molar-refractivity contribution is 7.80. The minimum Gasteiger partial charge on any atom is -0.341 e. The molecule has 60 valence electrons. The van der Waals surface area contributed by atoms with Crippen molar-refractivity contribution in [2.75, 3.05) is 6.66 Å². The van der Waals surface area contributed by atoms with Gasteiger partial charge in [-0.05, 0) is 24.3 Å². The van der Waals surface area contributed by atoms with Gasteiger partial charge in [0.15, 0.2) is 0 Å². The van der Waals surface area contributed by atoms with Crippen molar-refractivity contribution in [2.45, 2.75) is 4.90 Å².